The Labute approximate surface area is 52.6 Å². The predicted molar refractivity (Wildman–Crippen MR) is 37.2 cm³/mol. The molecule has 0 bridgehead atoms. The van der Waals surface area contributed by atoms with Crippen LogP contribution in [0.4, 0.5) is 0 Å². The molecule has 1 rings (SSSR count). The highest BCUT2D eigenvalue weighted by Crippen LogP contribution is 2.22. The second kappa shape index (κ2) is 2.84. The first-order valence-corrected chi connectivity index (χ1v) is 4.29. The summed E-state index contributed by atoms with van der Waals surface area (Å²) >= 11 is 3.57. The Morgan fingerprint density at radius 2 is 2.71 bits per heavy atom. The lowest BCUT2D eigenvalue weighted by Crippen LogP contribution is -2.14. The number of thioether (sulfide) groups is 2. The van der Waals surface area contributed by atoms with Gasteiger partial charge in [-0.2, -0.15) is 0 Å². The molecule has 1 heterocycles. The Hall–Kier alpha value is 0.660. The summed E-state index contributed by atoms with van der Waals surface area (Å²) in [5, 5.41) is 3.27. The van der Waals surface area contributed by atoms with Crippen molar-refractivity contribution in [3.05, 3.63) is 6.26 Å². The van der Waals surface area contributed by atoms with Gasteiger partial charge in [0, 0.05) is 18.6 Å². The van der Waals surface area contributed by atoms with E-state index in [9.17, 15) is 0 Å². The van der Waals surface area contributed by atoms with Crippen molar-refractivity contribution < 1.29 is 0 Å². The zero-order chi connectivity index (χ0) is 5.11. The van der Waals surface area contributed by atoms with E-state index in [1.807, 2.05) is 11.8 Å². The molecule has 1 aliphatic rings. The molecular formula is C4H8NS2. The fourth-order valence-corrected chi connectivity index (χ4v) is 2.10. The number of hydrogen-bond donors (Lipinski definition) is 1. The zero-order valence-corrected chi connectivity index (χ0v) is 5.65. The molecule has 0 aromatic rings. The molecule has 3 heteroatoms. The maximum atomic E-state index is 3.70. The van der Waals surface area contributed by atoms with Gasteiger partial charge in [0.1, 0.15) is 4.71 Å². The second-order valence-electron chi connectivity index (χ2n) is 1.32. The molecule has 41 valence electrons. The average Bonchev–Trinajstić information content (AvgIpc) is 2.14. The molecule has 1 nitrogen and oxygen atoms in total. The van der Waals surface area contributed by atoms with Gasteiger partial charge in [-0.05, 0) is 0 Å². The molecule has 0 aromatic carbocycles. The molecule has 1 fully saturated rings. The molecule has 0 aromatic heterocycles. The molecule has 1 N–H and O–H groups in total. The summed E-state index contributed by atoms with van der Waals surface area (Å²) in [7, 11) is 0. The van der Waals surface area contributed by atoms with Crippen LogP contribution in [0.15, 0.2) is 0 Å². The molecule has 0 amide bonds. The lowest BCUT2D eigenvalue weighted by molar-refractivity contribution is 0.855. The lowest BCUT2D eigenvalue weighted by atomic mass is 10.8. The predicted octanol–water partition coefficient (Wildman–Crippen LogP) is 1.13. The van der Waals surface area contributed by atoms with E-state index in [1.54, 1.807) is 11.8 Å². The van der Waals surface area contributed by atoms with Crippen molar-refractivity contribution in [2.45, 2.75) is 4.71 Å². The Morgan fingerprint density at radius 1 is 1.86 bits per heavy atom. The zero-order valence-electron chi connectivity index (χ0n) is 4.02. The van der Waals surface area contributed by atoms with Crippen LogP contribution in [0.1, 0.15) is 0 Å². The number of rotatable bonds is 1. The molecule has 1 saturated heterocycles. The normalized spacial score (nSPS) is 31.3. The average molecular weight is 134 g/mol. The van der Waals surface area contributed by atoms with Gasteiger partial charge in [-0.1, -0.05) is 0 Å². The van der Waals surface area contributed by atoms with Crippen LogP contribution in [0.2, 0.25) is 0 Å². The Bertz CT molecular complexity index is 51.7. The first-order chi connectivity index (χ1) is 3.43. The van der Waals surface area contributed by atoms with Gasteiger partial charge in [0.15, 0.2) is 0 Å². The van der Waals surface area contributed by atoms with Crippen molar-refractivity contribution in [2.75, 3.05) is 12.3 Å². The molecule has 1 aliphatic heterocycles. The van der Waals surface area contributed by atoms with Gasteiger partial charge < -0.3 is 0 Å². The number of nitrogens with one attached hydrogen (secondary N) is 1. The first kappa shape index (κ1) is 5.79. The third-order valence-electron chi connectivity index (χ3n) is 0.834. The maximum Gasteiger partial charge on any atom is 0.100 e. The quantitative estimate of drug-likeness (QED) is 0.577. The van der Waals surface area contributed by atoms with Gasteiger partial charge in [0.05, 0.1) is 0 Å². The molecule has 1 radical (unpaired) electrons. The Morgan fingerprint density at radius 3 is 3.00 bits per heavy atom. The van der Waals surface area contributed by atoms with Crippen molar-refractivity contribution in [1.29, 1.82) is 0 Å². The first-order valence-electron chi connectivity index (χ1n) is 2.19. The molecule has 0 saturated carbocycles. The van der Waals surface area contributed by atoms with Crippen molar-refractivity contribution in [3.63, 3.8) is 0 Å². The summed E-state index contributed by atoms with van der Waals surface area (Å²) in [6.45, 7) is 1.15. The summed E-state index contributed by atoms with van der Waals surface area (Å²) in [5.41, 5.74) is 0. The van der Waals surface area contributed by atoms with Gasteiger partial charge in [0.25, 0.3) is 0 Å². The molecular weight excluding hydrogens is 126 g/mol. The van der Waals surface area contributed by atoms with Gasteiger partial charge in [-0.25, -0.2) is 0 Å². The second-order valence-corrected chi connectivity index (χ2v) is 3.64. The van der Waals surface area contributed by atoms with Crippen molar-refractivity contribution >= 4 is 23.5 Å². The van der Waals surface area contributed by atoms with E-state index < -0.39 is 0 Å². The largest absolute Gasteiger partial charge is 0.296 e. The molecule has 1 atom stereocenters. The summed E-state index contributed by atoms with van der Waals surface area (Å²) in [6, 6.07) is 0. The van der Waals surface area contributed by atoms with Crippen LogP contribution >= 0.6 is 23.5 Å². The molecule has 7 heavy (non-hydrogen) atoms. The third-order valence-corrected chi connectivity index (χ3v) is 3.03. The molecule has 0 aliphatic carbocycles. The topological polar surface area (TPSA) is 12.0 Å². The van der Waals surface area contributed by atoms with Crippen LogP contribution in [0.3, 0.4) is 0 Å². The van der Waals surface area contributed by atoms with Gasteiger partial charge in [-0.3, -0.25) is 5.32 Å². The highest BCUT2D eigenvalue weighted by atomic mass is 32.2. The van der Waals surface area contributed by atoms with Crippen LogP contribution in [0.5, 0.6) is 0 Å². The SMILES string of the molecule is [CH2]SC1NCCS1. The van der Waals surface area contributed by atoms with Gasteiger partial charge >= 0.3 is 0 Å². The number of hydrogen-bond acceptors (Lipinski definition) is 3. The van der Waals surface area contributed by atoms with E-state index in [0.29, 0.717) is 4.71 Å². The molecule has 0 spiro atoms. The minimum absolute atomic E-state index is 0.569. The maximum absolute atomic E-state index is 3.70. The third kappa shape index (κ3) is 1.55. The van der Waals surface area contributed by atoms with E-state index in [-0.39, 0.29) is 0 Å². The van der Waals surface area contributed by atoms with Gasteiger partial charge in [0.2, 0.25) is 0 Å². The standard InChI is InChI=1S/C4H8NS2/c1-6-4-5-2-3-7-4/h4-5H,1-3H2. The van der Waals surface area contributed by atoms with Crippen molar-refractivity contribution in [2.24, 2.45) is 0 Å². The van der Waals surface area contributed by atoms with Crippen LogP contribution in [0, 0.1) is 6.26 Å². The van der Waals surface area contributed by atoms with Crippen LogP contribution < -0.4 is 5.32 Å². The van der Waals surface area contributed by atoms with Gasteiger partial charge in [-0.15, -0.1) is 23.5 Å². The fraction of sp³-hybridized carbons (Fsp3) is 0.750. The van der Waals surface area contributed by atoms with Crippen LogP contribution in [-0.2, 0) is 0 Å². The Balaban J connectivity index is 2.14. The lowest BCUT2D eigenvalue weighted by Gasteiger charge is -2.00. The smallest absolute Gasteiger partial charge is 0.100 e. The summed E-state index contributed by atoms with van der Waals surface area (Å²) in [5.74, 6) is 1.24. The van der Waals surface area contributed by atoms with E-state index in [1.165, 1.54) is 5.75 Å². The van der Waals surface area contributed by atoms with E-state index in [0.717, 1.165) is 6.54 Å². The summed E-state index contributed by atoms with van der Waals surface area (Å²) in [6.07, 6.45) is 3.70. The highest BCUT2D eigenvalue weighted by Gasteiger charge is 2.10. The van der Waals surface area contributed by atoms with E-state index in [2.05, 4.69) is 11.6 Å². The minimum atomic E-state index is 0.569. The summed E-state index contributed by atoms with van der Waals surface area (Å²) in [4.78, 5) is 0. The monoisotopic (exact) mass is 134 g/mol. The van der Waals surface area contributed by atoms with Crippen molar-refractivity contribution in [3.8, 4) is 0 Å². The van der Waals surface area contributed by atoms with E-state index >= 15 is 0 Å². The van der Waals surface area contributed by atoms with Crippen LogP contribution in [-0.4, -0.2) is 17.0 Å². The van der Waals surface area contributed by atoms with Crippen LogP contribution in [0.25, 0.3) is 0 Å². The van der Waals surface area contributed by atoms with Crippen molar-refractivity contribution in [1.82, 2.24) is 5.32 Å². The fourth-order valence-electron chi connectivity index (χ4n) is 0.509. The molecule has 1 unspecified atom stereocenters. The highest BCUT2D eigenvalue weighted by molar-refractivity contribution is 8.17. The minimum Gasteiger partial charge on any atom is -0.296 e. The van der Waals surface area contributed by atoms with E-state index in [4.69, 9.17) is 0 Å². The Kier molecular flexibility index (Phi) is 2.35. The summed E-state index contributed by atoms with van der Waals surface area (Å²) < 4.78 is 0.569.